The Morgan fingerprint density at radius 3 is 2.56 bits per heavy atom. The lowest BCUT2D eigenvalue weighted by atomic mass is 9.95. The fourth-order valence-corrected chi connectivity index (χ4v) is 5.77. The number of carbonyl (C=O) groups excluding carboxylic acids is 1. The SMILES string of the molecule is Cc1ccc(NC(=O)C2CCN(c3ncccc3S(=O)(=O)N3CCOCC3)CC2)cc1Cl. The van der Waals surface area contributed by atoms with Gasteiger partial charge in [-0.25, -0.2) is 13.4 Å². The van der Waals surface area contributed by atoms with Gasteiger partial charge < -0.3 is 15.0 Å². The molecular formula is C22H27ClN4O4S. The number of halogens is 1. The van der Waals surface area contributed by atoms with Gasteiger partial charge in [0.15, 0.2) is 0 Å². The van der Waals surface area contributed by atoms with E-state index < -0.39 is 10.0 Å². The van der Waals surface area contributed by atoms with Crippen LogP contribution in [0.2, 0.25) is 5.02 Å². The van der Waals surface area contributed by atoms with Crippen LogP contribution in [0.1, 0.15) is 18.4 Å². The number of sulfonamides is 1. The highest BCUT2D eigenvalue weighted by molar-refractivity contribution is 7.89. The molecule has 1 N–H and O–H groups in total. The van der Waals surface area contributed by atoms with E-state index in [0.29, 0.717) is 68.8 Å². The highest BCUT2D eigenvalue weighted by atomic mass is 35.5. The minimum absolute atomic E-state index is 0.0493. The third-order valence-electron chi connectivity index (χ3n) is 5.94. The Bertz CT molecular complexity index is 1080. The third-order valence-corrected chi connectivity index (χ3v) is 8.27. The molecule has 2 fully saturated rings. The molecule has 1 aromatic carbocycles. The highest BCUT2D eigenvalue weighted by Gasteiger charge is 2.33. The number of nitrogens with zero attached hydrogens (tertiary/aromatic N) is 3. The van der Waals surface area contributed by atoms with Crippen LogP contribution in [0.15, 0.2) is 41.4 Å². The number of nitrogens with one attached hydrogen (secondary N) is 1. The highest BCUT2D eigenvalue weighted by Crippen LogP contribution is 2.30. The Morgan fingerprint density at radius 2 is 1.88 bits per heavy atom. The lowest BCUT2D eigenvalue weighted by molar-refractivity contribution is -0.120. The van der Waals surface area contributed by atoms with Crippen LogP contribution in [-0.2, 0) is 19.6 Å². The predicted molar refractivity (Wildman–Crippen MR) is 124 cm³/mol. The van der Waals surface area contributed by atoms with Crippen LogP contribution in [0.3, 0.4) is 0 Å². The van der Waals surface area contributed by atoms with Gasteiger partial charge >= 0.3 is 0 Å². The monoisotopic (exact) mass is 478 g/mol. The van der Waals surface area contributed by atoms with Gasteiger partial charge in [0, 0.05) is 49.0 Å². The summed E-state index contributed by atoms with van der Waals surface area (Å²) in [5.74, 6) is 0.240. The van der Waals surface area contributed by atoms with Crippen molar-refractivity contribution in [1.29, 1.82) is 0 Å². The van der Waals surface area contributed by atoms with Gasteiger partial charge in [0.1, 0.15) is 10.7 Å². The van der Waals surface area contributed by atoms with Crippen molar-refractivity contribution in [2.75, 3.05) is 49.6 Å². The van der Waals surface area contributed by atoms with Crippen molar-refractivity contribution < 1.29 is 17.9 Å². The van der Waals surface area contributed by atoms with Crippen LogP contribution in [0, 0.1) is 12.8 Å². The van der Waals surface area contributed by atoms with E-state index in [4.69, 9.17) is 16.3 Å². The number of hydrogen-bond acceptors (Lipinski definition) is 6. The number of benzene rings is 1. The Labute approximate surface area is 193 Å². The molecule has 2 aliphatic heterocycles. The van der Waals surface area contributed by atoms with Crippen LogP contribution in [-0.4, -0.2) is 63.0 Å². The number of amides is 1. The lowest BCUT2D eigenvalue weighted by Gasteiger charge is -2.34. The summed E-state index contributed by atoms with van der Waals surface area (Å²) in [5, 5.41) is 3.55. The quantitative estimate of drug-likeness (QED) is 0.710. The minimum Gasteiger partial charge on any atom is -0.379 e. The van der Waals surface area contributed by atoms with E-state index in [2.05, 4.69) is 10.3 Å². The summed E-state index contributed by atoms with van der Waals surface area (Å²) < 4.78 is 33.2. The van der Waals surface area contributed by atoms with Crippen LogP contribution >= 0.6 is 11.6 Å². The van der Waals surface area contributed by atoms with Gasteiger partial charge in [-0.15, -0.1) is 0 Å². The smallest absolute Gasteiger partial charge is 0.246 e. The van der Waals surface area contributed by atoms with E-state index in [1.54, 1.807) is 24.4 Å². The normalized spacial score (nSPS) is 18.5. The summed E-state index contributed by atoms with van der Waals surface area (Å²) in [4.78, 5) is 19.3. The summed E-state index contributed by atoms with van der Waals surface area (Å²) in [6, 6.07) is 8.71. The first-order chi connectivity index (χ1) is 15.4. The van der Waals surface area contributed by atoms with Gasteiger partial charge in [-0.3, -0.25) is 4.79 Å². The zero-order valence-corrected chi connectivity index (χ0v) is 19.5. The molecule has 0 bridgehead atoms. The number of aryl methyl sites for hydroxylation is 1. The molecule has 3 heterocycles. The molecule has 172 valence electrons. The fraction of sp³-hybridized carbons (Fsp3) is 0.455. The van der Waals surface area contributed by atoms with E-state index in [9.17, 15) is 13.2 Å². The maximum Gasteiger partial charge on any atom is 0.246 e. The first-order valence-electron chi connectivity index (χ1n) is 10.7. The number of carbonyl (C=O) groups is 1. The predicted octanol–water partition coefficient (Wildman–Crippen LogP) is 2.92. The van der Waals surface area contributed by atoms with Gasteiger partial charge in [0.05, 0.1) is 13.2 Å². The van der Waals surface area contributed by atoms with Crippen molar-refractivity contribution in [3.8, 4) is 0 Å². The van der Waals surface area contributed by atoms with Gasteiger partial charge in [0.2, 0.25) is 15.9 Å². The van der Waals surface area contributed by atoms with E-state index >= 15 is 0 Å². The Morgan fingerprint density at radius 1 is 1.16 bits per heavy atom. The second-order valence-corrected chi connectivity index (χ2v) is 10.4. The van der Waals surface area contributed by atoms with Crippen LogP contribution < -0.4 is 10.2 Å². The average Bonchev–Trinajstić information content (AvgIpc) is 2.82. The number of hydrogen-bond donors (Lipinski definition) is 1. The first-order valence-corrected chi connectivity index (χ1v) is 12.5. The number of pyridine rings is 1. The summed E-state index contributed by atoms with van der Waals surface area (Å²) in [5.41, 5.74) is 1.63. The van der Waals surface area contributed by atoms with Crippen molar-refractivity contribution in [1.82, 2.24) is 9.29 Å². The topological polar surface area (TPSA) is 91.8 Å². The molecule has 2 saturated heterocycles. The van der Waals surface area contributed by atoms with E-state index in [1.165, 1.54) is 4.31 Å². The lowest BCUT2D eigenvalue weighted by Crippen LogP contribution is -2.42. The number of morpholine rings is 1. The Hall–Kier alpha value is -2.20. The van der Waals surface area contributed by atoms with Crippen LogP contribution in [0.4, 0.5) is 11.5 Å². The number of anilines is 2. The molecule has 2 aromatic rings. The largest absolute Gasteiger partial charge is 0.379 e. The number of rotatable bonds is 5. The second kappa shape index (κ2) is 9.74. The molecule has 4 rings (SSSR count). The summed E-state index contributed by atoms with van der Waals surface area (Å²) in [7, 11) is -3.66. The Balaban J connectivity index is 1.43. The molecule has 0 unspecified atom stereocenters. The molecule has 32 heavy (non-hydrogen) atoms. The third kappa shape index (κ3) is 4.91. The minimum atomic E-state index is -3.66. The van der Waals surface area contributed by atoms with Gasteiger partial charge in [-0.2, -0.15) is 4.31 Å². The van der Waals surface area contributed by atoms with Crippen molar-refractivity contribution in [3.63, 3.8) is 0 Å². The van der Waals surface area contributed by atoms with Crippen molar-refractivity contribution in [3.05, 3.63) is 47.1 Å². The molecule has 0 atom stereocenters. The van der Waals surface area contributed by atoms with E-state index in [1.807, 2.05) is 24.0 Å². The molecule has 0 spiro atoms. The number of aromatic nitrogens is 1. The molecule has 10 heteroatoms. The average molecular weight is 479 g/mol. The Kier molecular flexibility index (Phi) is 6.99. The number of piperidine rings is 1. The van der Waals surface area contributed by atoms with Gasteiger partial charge in [0.25, 0.3) is 0 Å². The zero-order chi connectivity index (χ0) is 22.7. The van der Waals surface area contributed by atoms with Crippen LogP contribution in [0.25, 0.3) is 0 Å². The number of ether oxygens (including phenoxy) is 1. The first kappa shape index (κ1) is 23.0. The fourth-order valence-electron chi connectivity index (χ4n) is 4.02. The molecule has 0 radical (unpaired) electrons. The maximum absolute atomic E-state index is 13.2. The second-order valence-electron chi connectivity index (χ2n) is 8.06. The van der Waals surface area contributed by atoms with Crippen LogP contribution in [0.5, 0.6) is 0 Å². The molecule has 1 aromatic heterocycles. The van der Waals surface area contributed by atoms with E-state index in [-0.39, 0.29) is 16.7 Å². The van der Waals surface area contributed by atoms with Gasteiger partial charge in [-0.05, 0) is 49.6 Å². The summed E-state index contributed by atoms with van der Waals surface area (Å²) in [6.07, 6.45) is 2.83. The molecule has 0 aliphatic carbocycles. The summed E-state index contributed by atoms with van der Waals surface area (Å²) >= 11 is 6.15. The molecule has 2 aliphatic rings. The molecular weight excluding hydrogens is 452 g/mol. The van der Waals surface area contributed by atoms with Crippen molar-refractivity contribution in [2.24, 2.45) is 5.92 Å². The molecule has 8 nitrogen and oxygen atoms in total. The molecule has 1 amide bonds. The summed E-state index contributed by atoms with van der Waals surface area (Å²) in [6.45, 7) is 4.46. The maximum atomic E-state index is 13.2. The zero-order valence-electron chi connectivity index (χ0n) is 18.0. The van der Waals surface area contributed by atoms with Crippen molar-refractivity contribution >= 4 is 39.0 Å². The van der Waals surface area contributed by atoms with Crippen molar-refractivity contribution in [2.45, 2.75) is 24.7 Å². The van der Waals surface area contributed by atoms with Gasteiger partial charge in [-0.1, -0.05) is 17.7 Å². The van der Waals surface area contributed by atoms with E-state index in [0.717, 1.165) is 5.56 Å². The standard InChI is InChI=1S/C22H27ClN4O4S/c1-16-4-5-18(15-19(16)23)25-22(28)17-6-9-26(10-7-17)21-20(3-2-8-24-21)32(29,30)27-11-13-31-14-12-27/h2-5,8,15,17H,6-7,9-14H2,1H3,(H,25,28). The molecule has 0 saturated carbocycles.